The van der Waals surface area contributed by atoms with Gasteiger partial charge >= 0.3 is 5.97 Å². The number of amides is 1. The highest BCUT2D eigenvalue weighted by molar-refractivity contribution is 9.10. The molecule has 1 aromatic rings. The van der Waals surface area contributed by atoms with Gasteiger partial charge in [0.2, 0.25) is 0 Å². The molecule has 0 bridgehead atoms. The molecule has 5 nitrogen and oxygen atoms in total. The molecule has 0 aliphatic rings. The quantitative estimate of drug-likeness (QED) is 0.709. The summed E-state index contributed by atoms with van der Waals surface area (Å²) in [6, 6.07) is 3.84. The second-order valence-corrected chi connectivity index (χ2v) is 5.91. The Bertz CT molecular complexity index is 522. The summed E-state index contributed by atoms with van der Waals surface area (Å²) >= 11 is 3.12. The first-order chi connectivity index (χ1) is 10.4. The van der Waals surface area contributed by atoms with Gasteiger partial charge in [0.15, 0.2) is 13.2 Å². The minimum absolute atomic E-state index is 0.319. The maximum atomic E-state index is 12.9. The molecule has 0 saturated carbocycles. The Labute approximate surface area is 137 Å². The largest absolute Gasteiger partial charge is 0.481 e. The van der Waals surface area contributed by atoms with Crippen LogP contribution in [0.3, 0.4) is 0 Å². The SMILES string of the molecule is CC(C)CCNC(=O)COC(=O)COc1ccc(F)cc1Br. The van der Waals surface area contributed by atoms with Gasteiger partial charge in [-0.05, 0) is 46.5 Å². The molecule has 1 N–H and O–H groups in total. The molecule has 0 aromatic heterocycles. The Kier molecular flexibility index (Phi) is 7.87. The molecule has 0 aliphatic heterocycles. The standard InChI is InChI=1S/C15H19BrFNO4/c1-10(2)5-6-18-14(19)8-22-15(20)9-21-13-4-3-11(17)7-12(13)16/h3-4,7,10H,5-6,8-9H2,1-2H3,(H,18,19). The van der Waals surface area contributed by atoms with Gasteiger partial charge in [0, 0.05) is 6.54 Å². The predicted molar refractivity (Wildman–Crippen MR) is 83.0 cm³/mol. The number of benzene rings is 1. The highest BCUT2D eigenvalue weighted by atomic mass is 79.9. The molecule has 1 rings (SSSR count). The number of rotatable bonds is 8. The molecule has 0 radical (unpaired) electrons. The van der Waals surface area contributed by atoms with Crippen LogP contribution in [0.2, 0.25) is 0 Å². The third-order valence-electron chi connectivity index (χ3n) is 2.65. The van der Waals surface area contributed by atoms with E-state index in [1.807, 2.05) is 0 Å². The summed E-state index contributed by atoms with van der Waals surface area (Å²) in [6.45, 7) is 3.95. The van der Waals surface area contributed by atoms with Crippen LogP contribution in [0.25, 0.3) is 0 Å². The molecule has 0 fully saturated rings. The van der Waals surface area contributed by atoms with Crippen LogP contribution in [0.4, 0.5) is 4.39 Å². The van der Waals surface area contributed by atoms with Gasteiger partial charge in [0.25, 0.3) is 5.91 Å². The molecular formula is C15H19BrFNO4. The van der Waals surface area contributed by atoms with Crippen molar-refractivity contribution in [3.63, 3.8) is 0 Å². The predicted octanol–water partition coefficient (Wildman–Crippen LogP) is 2.67. The minimum Gasteiger partial charge on any atom is -0.481 e. The van der Waals surface area contributed by atoms with Crippen LogP contribution in [0.1, 0.15) is 20.3 Å². The third-order valence-corrected chi connectivity index (χ3v) is 3.27. The van der Waals surface area contributed by atoms with Gasteiger partial charge in [-0.2, -0.15) is 0 Å². The first-order valence-corrected chi connectivity index (χ1v) is 7.68. The van der Waals surface area contributed by atoms with Crippen LogP contribution in [0.15, 0.2) is 22.7 Å². The van der Waals surface area contributed by atoms with Crippen molar-refractivity contribution in [2.24, 2.45) is 5.92 Å². The average Bonchev–Trinajstić information content (AvgIpc) is 2.43. The second-order valence-electron chi connectivity index (χ2n) is 5.06. The minimum atomic E-state index is -0.671. The smallest absolute Gasteiger partial charge is 0.344 e. The summed E-state index contributed by atoms with van der Waals surface area (Å²) in [5, 5.41) is 2.65. The highest BCUT2D eigenvalue weighted by Crippen LogP contribution is 2.25. The van der Waals surface area contributed by atoms with Crippen molar-refractivity contribution in [2.45, 2.75) is 20.3 Å². The van der Waals surface area contributed by atoms with Crippen molar-refractivity contribution < 1.29 is 23.5 Å². The van der Waals surface area contributed by atoms with E-state index in [2.05, 4.69) is 35.1 Å². The van der Waals surface area contributed by atoms with Crippen molar-refractivity contribution in [3.05, 3.63) is 28.5 Å². The van der Waals surface area contributed by atoms with E-state index in [0.717, 1.165) is 6.42 Å². The Hall–Kier alpha value is -1.63. The van der Waals surface area contributed by atoms with Crippen molar-refractivity contribution in [1.29, 1.82) is 0 Å². The molecule has 0 aliphatic carbocycles. The lowest BCUT2D eigenvalue weighted by atomic mass is 10.1. The third kappa shape index (κ3) is 7.40. The first kappa shape index (κ1) is 18.4. The number of ether oxygens (including phenoxy) is 2. The molecule has 0 heterocycles. The van der Waals surface area contributed by atoms with Crippen LogP contribution < -0.4 is 10.1 Å². The lowest BCUT2D eigenvalue weighted by Crippen LogP contribution is -2.31. The van der Waals surface area contributed by atoms with Crippen LogP contribution in [0, 0.1) is 11.7 Å². The fourth-order valence-electron chi connectivity index (χ4n) is 1.47. The Morgan fingerprint density at radius 3 is 2.68 bits per heavy atom. The number of hydrogen-bond donors (Lipinski definition) is 1. The maximum absolute atomic E-state index is 12.9. The average molecular weight is 376 g/mol. The van der Waals surface area contributed by atoms with Crippen LogP contribution in [-0.4, -0.2) is 31.6 Å². The lowest BCUT2D eigenvalue weighted by molar-refractivity contribution is -0.150. The van der Waals surface area contributed by atoms with Gasteiger partial charge in [-0.15, -0.1) is 0 Å². The van der Waals surface area contributed by atoms with Crippen molar-refractivity contribution >= 4 is 27.8 Å². The lowest BCUT2D eigenvalue weighted by Gasteiger charge is -2.09. The van der Waals surface area contributed by atoms with E-state index >= 15 is 0 Å². The van der Waals surface area contributed by atoms with Gasteiger partial charge in [0.05, 0.1) is 4.47 Å². The summed E-state index contributed by atoms with van der Waals surface area (Å²) in [7, 11) is 0. The zero-order valence-electron chi connectivity index (χ0n) is 12.5. The van der Waals surface area contributed by atoms with Crippen LogP contribution in [-0.2, 0) is 14.3 Å². The first-order valence-electron chi connectivity index (χ1n) is 6.88. The topological polar surface area (TPSA) is 64.6 Å². The van der Waals surface area contributed by atoms with Gasteiger partial charge < -0.3 is 14.8 Å². The van der Waals surface area contributed by atoms with Crippen molar-refractivity contribution in [3.8, 4) is 5.75 Å². The van der Waals surface area contributed by atoms with E-state index in [4.69, 9.17) is 9.47 Å². The molecule has 0 unspecified atom stereocenters. The zero-order valence-corrected chi connectivity index (χ0v) is 14.1. The van der Waals surface area contributed by atoms with Gasteiger partial charge in [-0.1, -0.05) is 13.8 Å². The Balaban J connectivity index is 2.24. The molecule has 0 saturated heterocycles. The molecule has 1 aromatic carbocycles. The zero-order chi connectivity index (χ0) is 16.5. The number of carbonyl (C=O) groups is 2. The van der Waals surface area contributed by atoms with Crippen LogP contribution >= 0.6 is 15.9 Å². The van der Waals surface area contributed by atoms with E-state index < -0.39 is 11.8 Å². The molecule has 7 heteroatoms. The van der Waals surface area contributed by atoms with E-state index in [1.54, 1.807) is 0 Å². The molecular weight excluding hydrogens is 357 g/mol. The van der Waals surface area contributed by atoms with E-state index in [0.29, 0.717) is 22.7 Å². The number of esters is 1. The Morgan fingerprint density at radius 1 is 1.32 bits per heavy atom. The molecule has 22 heavy (non-hydrogen) atoms. The van der Waals surface area contributed by atoms with Crippen LogP contribution in [0.5, 0.6) is 5.75 Å². The molecule has 0 spiro atoms. The number of nitrogens with one attached hydrogen (secondary N) is 1. The molecule has 1 amide bonds. The molecule has 0 atom stereocenters. The van der Waals surface area contributed by atoms with Gasteiger partial charge in [-0.25, -0.2) is 9.18 Å². The summed E-state index contributed by atoms with van der Waals surface area (Å²) in [5.41, 5.74) is 0. The fraction of sp³-hybridized carbons (Fsp3) is 0.467. The number of carbonyl (C=O) groups excluding carboxylic acids is 2. The monoisotopic (exact) mass is 375 g/mol. The maximum Gasteiger partial charge on any atom is 0.344 e. The highest BCUT2D eigenvalue weighted by Gasteiger charge is 2.10. The van der Waals surface area contributed by atoms with E-state index in [-0.39, 0.29) is 19.1 Å². The van der Waals surface area contributed by atoms with Gasteiger partial charge in [0.1, 0.15) is 11.6 Å². The number of hydrogen-bond acceptors (Lipinski definition) is 4. The van der Waals surface area contributed by atoms with E-state index in [9.17, 15) is 14.0 Å². The molecule has 122 valence electrons. The summed E-state index contributed by atoms with van der Waals surface area (Å²) < 4.78 is 23.2. The van der Waals surface area contributed by atoms with Crippen molar-refractivity contribution in [2.75, 3.05) is 19.8 Å². The number of halogens is 2. The fourth-order valence-corrected chi connectivity index (χ4v) is 1.93. The Morgan fingerprint density at radius 2 is 2.05 bits per heavy atom. The normalized spacial score (nSPS) is 10.4. The van der Waals surface area contributed by atoms with E-state index in [1.165, 1.54) is 18.2 Å². The summed E-state index contributed by atoms with van der Waals surface area (Å²) in [4.78, 5) is 22.9. The summed E-state index contributed by atoms with van der Waals surface area (Å²) in [6.07, 6.45) is 0.862. The second kappa shape index (κ2) is 9.40. The van der Waals surface area contributed by atoms with Crippen molar-refractivity contribution in [1.82, 2.24) is 5.32 Å². The summed E-state index contributed by atoms with van der Waals surface area (Å²) in [5.74, 6) is -0.628. The van der Waals surface area contributed by atoms with Gasteiger partial charge in [-0.3, -0.25) is 4.79 Å².